The lowest BCUT2D eigenvalue weighted by Crippen LogP contribution is -2.49. The molecule has 9 rings (SSSR count). The van der Waals surface area contributed by atoms with Crippen molar-refractivity contribution in [2.75, 3.05) is 6.61 Å². The van der Waals surface area contributed by atoms with Crippen LogP contribution in [0.5, 0.6) is 0 Å². The second-order valence-corrected chi connectivity index (χ2v) is 13.3. The minimum atomic E-state index is -1.23. The minimum Gasteiger partial charge on any atom is -0.394 e. The third kappa shape index (κ3) is 5.38. The molecule has 2 aliphatic rings. The van der Waals surface area contributed by atoms with Gasteiger partial charge in [0.15, 0.2) is 29.5 Å². The lowest BCUT2D eigenvalue weighted by molar-refractivity contribution is -0.235. The van der Waals surface area contributed by atoms with Gasteiger partial charge >= 0.3 is 0 Å². The summed E-state index contributed by atoms with van der Waals surface area (Å²) in [5.74, 6) is -6.36. The van der Waals surface area contributed by atoms with E-state index >= 15 is 8.78 Å². The van der Waals surface area contributed by atoms with Crippen molar-refractivity contribution in [3.05, 3.63) is 130 Å². The summed E-state index contributed by atoms with van der Waals surface area (Å²) in [6.07, 6.45) is -3.54. The molecule has 268 valence electrons. The van der Waals surface area contributed by atoms with E-state index in [2.05, 4.69) is 10.3 Å². The Morgan fingerprint density at radius 2 is 1.34 bits per heavy atom. The molecule has 0 saturated carbocycles. The third-order valence-corrected chi connectivity index (χ3v) is 10.1. The zero-order chi connectivity index (χ0) is 36.5. The number of aliphatic hydroxyl groups excluding tert-OH is 1. The molecule has 4 atom stereocenters. The molecule has 0 spiro atoms. The fourth-order valence-corrected chi connectivity index (χ4v) is 7.75. The molecule has 13 heteroatoms. The van der Waals surface area contributed by atoms with Crippen LogP contribution in [0.4, 0.5) is 17.6 Å². The van der Waals surface area contributed by atoms with E-state index in [1.54, 1.807) is 0 Å². The Kier molecular flexibility index (Phi) is 8.04. The van der Waals surface area contributed by atoms with Crippen molar-refractivity contribution in [3.63, 3.8) is 0 Å². The van der Waals surface area contributed by atoms with E-state index in [0.717, 1.165) is 35.4 Å². The zero-order valence-corrected chi connectivity index (χ0v) is 27.7. The van der Waals surface area contributed by atoms with Crippen LogP contribution >= 0.6 is 0 Å². The van der Waals surface area contributed by atoms with Gasteiger partial charge in [0.25, 0.3) is 11.8 Å². The highest BCUT2D eigenvalue weighted by Crippen LogP contribution is 2.47. The van der Waals surface area contributed by atoms with Crippen LogP contribution in [0.1, 0.15) is 44.5 Å². The van der Waals surface area contributed by atoms with Crippen molar-refractivity contribution in [3.8, 4) is 0 Å². The molecule has 1 saturated heterocycles. The molecule has 7 aromatic rings. The van der Waals surface area contributed by atoms with Crippen LogP contribution in [0.2, 0.25) is 0 Å². The fourth-order valence-electron chi connectivity index (χ4n) is 7.75. The number of rotatable bonds is 8. The molecule has 5 aromatic carbocycles. The second-order valence-electron chi connectivity index (χ2n) is 13.3. The molecule has 53 heavy (non-hydrogen) atoms. The molecule has 2 aliphatic heterocycles. The number of aromatic amines is 1. The third-order valence-electron chi connectivity index (χ3n) is 10.1. The van der Waals surface area contributed by atoms with Gasteiger partial charge in [0.2, 0.25) is 0 Å². The van der Waals surface area contributed by atoms with Gasteiger partial charge in [-0.3, -0.25) is 14.9 Å². The maximum Gasteiger partial charge on any atom is 0.259 e. The number of carbonyl (C=O) groups is 2. The summed E-state index contributed by atoms with van der Waals surface area (Å²) >= 11 is 0. The average molecular weight is 724 g/mol. The predicted octanol–water partition coefficient (Wildman–Crippen LogP) is 7.32. The van der Waals surface area contributed by atoms with E-state index in [0.29, 0.717) is 0 Å². The summed E-state index contributed by atoms with van der Waals surface area (Å²) in [7, 11) is 0. The van der Waals surface area contributed by atoms with Crippen LogP contribution in [-0.2, 0) is 27.4 Å². The molecule has 0 radical (unpaired) electrons. The molecule has 0 bridgehead atoms. The van der Waals surface area contributed by atoms with Crippen LogP contribution in [0.25, 0.3) is 43.6 Å². The van der Waals surface area contributed by atoms with Gasteiger partial charge in [-0.2, -0.15) is 0 Å². The molecular weight excluding hydrogens is 694 g/mol. The van der Waals surface area contributed by atoms with Crippen molar-refractivity contribution < 1.29 is 46.5 Å². The van der Waals surface area contributed by atoms with Gasteiger partial charge in [-0.05, 0) is 23.3 Å². The number of fused-ring (bicyclic) bond motifs is 10. The van der Waals surface area contributed by atoms with E-state index < -0.39 is 66.2 Å². The van der Waals surface area contributed by atoms with Gasteiger partial charge in [-0.1, -0.05) is 60.7 Å². The summed E-state index contributed by atoms with van der Waals surface area (Å²) in [4.78, 5) is 30.2. The summed E-state index contributed by atoms with van der Waals surface area (Å²) in [6, 6.07) is 22.5. The van der Waals surface area contributed by atoms with Crippen LogP contribution < -0.4 is 5.32 Å². The van der Waals surface area contributed by atoms with Gasteiger partial charge in [0, 0.05) is 45.6 Å². The number of aliphatic hydroxyl groups is 1. The van der Waals surface area contributed by atoms with E-state index in [9.17, 15) is 23.5 Å². The van der Waals surface area contributed by atoms with Gasteiger partial charge in [-0.25, -0.2) is 17.6 Å². The number of nitrogens with one attached hydrogen (secondary N) is 2. The van der Waals surface area contributed by atoms with Crippen LogP contribution in [0.3, 0.4) is 0 Å². The van der Waals surface area contributed by atoms with Crippen molar-refractivity contribution in [1.82, 2.24) is 14.9 Å². The normalized spacial score (nSPS) is 20.2. The predicted molar refractivity (Wildman–Crippen MR) is 186 cm³/mol. The SMILES string of the molecule is O=C1NC(=O)c2c1c1c3cc(F)c(F)cc3[nH]c1c1c2c2cc(F)c(F)cc2n1[C@@H]1O[C@H](CO)C[C@H](OCc2ccccc2)[C@H]1OCc1ccccc1. The van der Waals surface area contributed by atoms with Crippen LogP contribution in [0, 0.1) is 23.3 Å². The molecule has 0 unspecified atom stereocenters. The number of nitrogens with zero attached hydrogens (tertiary/aromatic N) is 1. The number of hydrogen-bond acceptors (Lipinski definition) is 6. The molecular formula is C40H29F4N3O6. The lowest BCUT2D eigenvalue weighted by atomic mass is 9.96. The van der Waals surface area contributed by atoms with E-state index in [1.165, 1.54) is 4.57 Å². The smallest absolute Gasteiger partial charge is 0.259 e. The maximum atomic E-state index is 15.4. The number of benzene rings is 5. The summed E-state index contributed by atoms with van der Waals surface area (Å²) < 4.78 is 81.2. The zero-order valence-electron chi connectivity index (χ0n) is 27.7. The Balaban J connectivity index is 1.35. The molecule has 1 fully saturated rings. The number of hydrogen-bond donors (Lipinski definition) is 3. The Hall–Kier alpha value is -5.60. The number of H-pyrrole nitrogens is 1. The Morgan fingerprint density at radius 1 is 0.755 bits per heavy atom. The van der Waals surface area contributed by atoms with Crippen molar-refractivity contribution in [1.29, 1.82) is 0 Å². The highest BCUT2D eigenvalue weighted by molar-refractivity contribution is 6.39. The monoisotopic (exact) mass is 723 g/mol. The van der Waals surface area contributed by atoms with Crippen molar-refractivity contribution in [2.45, 2.75) is 44.2 Å². The fraction of sp³-hybridized carbons (Fsp3) is 0.200. The summed E-state index contributed by atoms with van der Waals surface area (Å²) in [5, 5.41) is 13.1. The molecule has 3 N–H and O–H groups in total. The van der Waals surface area contributed by atoms with Crippen molar-refractivity contribution >= 4 is 55.4 Å². The number of aromatic nitrogens is 2. The largest absolute Gasteiger partial charge is 0.394 e. The molecule has 2 amide bonds. The highest BCUT2D eigenvalue weighted by Gasteiger charge is 2.44. The standard InChI is InChI=1S/C40H29F4N3O6/c41-24-12-22-28(14-26(24)43)45-35-31(22)33-34(39(50)46-38(33)49)32-23-13-25(42)27(44)15-29(23)47(36(32)35)40-37(52-18-20-9-5-2-6-10-20)30(11-21(16-48)53-40)51-17-19-7-3-1-4-8-19/h1-10,12-15,21,30,37,40,45,48H,11,16-18H2,(H,46,49,50)/t21-,30-,37+,40+/m0/s1. The number of carbonyl (C=O) groups excluding carboxylic acids is 2. The van der Waals surface area contributed by atoms with Crippen LogP contribution in [0.15, 0.2) is 84.9 Å². The minimum absolute atomic E-state index is 0.0653. The first-order valence-electron chi connectivity index (χ1n) is 16.9. The summed E-state index contributed by atoms with van der Waals surface area (Å²) in [5.41, 5.74) is 1.89. The maximum absolute atomic E-state index is 15.4. The molecule has 9 nitrogen and oxygen atoms in total. The van der Waals surface area contributed by atoms with Gasteiger partial charge in [0.05, 0.1) is 59.7 Å². The second kappa shape index (κ2) is 12.8. The number of amides is 2. The van der Waals surface area contributed by atoms with Crippen LogP contribution in [-0.4, -0.2) is 51.4 Å². The lowest BCUT2D eigenvalue weighted by Gasteiger charge is -2.42. The topological polar surface area (TPSA) is 115 Å². The van der Waals surface area contributed by atoms with Gasteiger partial charge in [0.1, 0.15) is 6.10 Å². The van der Waals surface area contributed by atoms with E-state index in [-0.39, 0.29) is 74.4 Å². The number of imide groups is 1. The first kappa shape index (κ1) is 33.3. The molecule has 2 aromatic heterocycles. The van der Waals surface area contributed by atoms with Crippen molar-refractivity contribution in [2.24, 2.45) is 0 Å². The average Bonchev–Trinajstić information content (AvgIpc) is 3.78. The first-order valence-corrected chi connectivity index (χ1v) is 16.9. The van der Waals surface area contributed by atoms with E-state index in [4.69, 9.17) is 14.2 Å². The Labute approximate surface area is 297 Å². The number of halogens is 4. The van der Waals surface area contributed by atoms with Gasteiger partial charge < -0.3 is 28.9 Å². The van der Waals surface area contributed by atoms with Gasteiger partial charge in [-0.15, -0.1) is 0 Å². The molecule has 4 heterocycles. The van der Waals surface area contributed by atoms with E-state index in [1.807, 2.05) is 60.7 Å². The Morgan fingerprint density at radius 3 is 2.00 bits per heavy atom. The Bertz CT molecular complexity index is 2610. The highest BCUT2D eigenvalue weighted by atomic mass is 19.2. The first-order chi connectivity index (χ1) is 25.7. The summed E-state index contributed by atoms with van der Waals surface area (Å²) in [6.45, 7) is -0.166. The number of ether oxygens (including phenoxy) is 3. The quantitative estimate of drug-likeness (QED) is 0.112. The molecule has 0 aliphatic carbocycles.